The normalized spacial score (nSPS) is 29.4. The summed E-state index contributed by atoms with van der Waals surface area (Å²) in [5.41, 5.74) is 1.14. The number of aliphatic hydroxyl groups is 1. The molecule has 3 rings (SSSR count). The van der Waals surface area contributed by atoms with Crippen molar-refractivity contribution in [3.63, 3.8) is 0 Å². The Morgan fingerprint density at radius 2 is 2.31 bits per heavy atom. The lowest BCUT2D eigenvalue weighted by Crippen LogP contribution is -2.21. The standard InChI is InChI=1S/C11H15BrN2O2/c12-10-8-2-1-3-9(15)14(8)11(13-10)7-4-5-16-6-7/h7,9,15H,1-6H2. The minimum atomic E-state index is -0.404. The fourth-order valence-corrected chi connectivity index (χ4v) is 3.19. The van der Waals surface area contributed by atoms with Crippen LogP contribution >= 0.6 is 15.9 Å². The Morgan fingerprint density at radius 3 is 3.06 bits per heavy atom. The van der Waals surface area contributed by atoms with Crippen LogP contribution < -0.4 is 0 Å². The second-order valence-corrected chi connectivity index (χ2v) is 5.26. The van der Waals surface area contributed by atoms with E-state index in [1.165, 1.54) is 0 Å². The van der Waals surface area contributed by atoms with Gasteiger partial charge in [-0.25, -0.2) is 4.98 Å². The van der Waals surface area contributed by atoms with Gasteiger partial charge in [0.15, 0.2) is 0 Å². The number of halogens is 1. The highest BCUT2D eigenvalue weighted by atomic mass is 79.9. The molecule has 0 aromatic carbocycles. The molecule has 1 saturated heterocycles. The first kappa shape index (κ1) is 10.7. The topological polar surface area (TPSA) is 47.3 Å². The summed E-state index contributed by atoms with van der Waals surface area (Å²) in [6.45, 7) is 1.54. The number of fused-ring (bicyclic) bond motifs is 1. The highest BCUT2D eigenvalue weighted by Crippen LogP contribution is 2.35. The number of imidazole rings is 1. The van der Waals surface area contributed by atoms with Crippen molar-refractivity contribution in [3.8, 4) is 0 Å². The summed E-state index contributed by atoms with van der Waals surface area (Å²) in [6.07, 6.45) is 3.47. The van der Waals surface area contributed by atoms with Crippen LogP contribution in [0.25, 0.3) is 0 Å². The Hall–Kier alpha value is -0.390. The molecule has 16 heavy (non-hydrogen) atoms. The highest BCUT2D eigenvalue weighted by molar-refractivity contribution is 9.10. The van der Waals surface area contributed by atoms with Gasteiger partial charge in [-0.2, -0.15) is 0 Å². The molecule has 2 unspecified atom stereocenters. The van der Waals surface area contributed by atoms with Gasteiger partial charge >= 0.3 is 0 Å². The maximum atomic E-state index is 10.1. The van der Waals surface area contributed by atoms with Crippen LogP contribution in [0.3, 0.4) is 0 Å². The molecule has 0 saturated carbocycles. The number of hydrogen-bond acceptors (Lipinski definition) is 3. The summed E-state index contributed by atoms with van der Waals surface area (Å²) >= 11 is 3.49. The average Bonchev–Trinajstić information content (AvgIpc) is 2.87. The van der Waals surface area contributed by atoms with Crippen LogP contribution in [0.1, 0.15) is 42.9 Å². The van der Waals surface area contributed by atoms with Crippen LogP contribution in [0.5, 0.6) is 0 Å². The third-order valence-corrected chi connectivity index (χ3v) is 4.09. The molecule has 0 aliphatic carbocycles. The first-order valence-electron chi connectivity index (χ1n) is 5.79. The predicted octanol–water partition coefficient (Wildman–Crippen LogP) is 1.98. The van der Waals surface area contributed by atoms with Crippen LogP contribution in [0.15, 0.2) is 4.60 Å². The highest BCUT2D eigenvalue weighted by Gasteiger charge is 2.30. The molecule has 88 valence electrons. The van der Waals surface area contributed by atoms with Gasteiger partial charge in [-0.1, -0.05) is 0 Å². The van der Waals surface area contributed by atoms with Crippen molar-refractivity contribution in [1.82, 2.24) is 9.55 Å². The van der Waals surface area contributed by atoms with Crippen LogP contribution in [0.4, 0.5) is 0 Å². The molecule has 1 aromatic rings. The van der Waals surface area contributed by atoms with Gasteiger partial charge < -0.3 is 14.4 Å². The van der Waals surface area contributed by atoms with Crippen molar-refractivity contribution in [2.75, 3.05) is 13.2 Å². The van der Waals surface area contributed by atoms with E-state index in [2.05, 4.69) is 20.9 Å². The van der Waals surface area contributed by atoms with Gasteiger partial charge in [0.25, 0.3) is 0 Å². The Kier molecular flexibility index (Phi) is 2.77. The number of nitrogens with zero attached hydrogens (tertiary/aromatic N) is 2. The van der Waals surface area contributed by atoms with Gasteiger partial charge in [-0.3, -0.25) is 0 Å². The minimum Gasteiger partial charge on any atom is -0.381 e. The van der Waals surface area contributed by atoms with Crippen LogP contribution in [0.2, 0.25) is 0 Å². The van der Waals surface area contributed by atoms with Gasteiger partial charge in [0.05, 0.1) is 12.3 Å². The zero-order chi connectivity index (χ0) is 11.1. The molecule has 0 bridgehead atoms. The Labute approximate surface area is 103 Å². The summed E-state index contributed by atoms with van der Waals surface area (Å²) < 4.78 is 8.30. The van der Waals surface area contributed by atoms with E-state index in [4.69, 9.17) is 4.74 Å². The van der Waals surface area contributed by atoms with E-state index in [1.54, 1.807) is 0 Å². The molecule has 4 nitrogen and oxygen atoms in total. The Bertz CT molecular complexity index is 399. The van der Waals surface area contributed by atoms with Gasteiger partial charge in [0, 0.05) is 12.5 Å². The molecular weight excluding hydrogens is 272 g/mol. The van der Waals surface area contributed by atoms with Crippen molar-refractivity contribution in [3.05, 3.63) is 16.1 Å². The van der Waals surface area contributed by atoms with Gasteiger partial charge in [-0.05, 0) is 41.6 Å². The first-order valence-corrected chi connectivity index (χ1v) is 6.59. The molecule has 1 aromatic heterocycles. The largest absolute Gasteiger partial charge is 0.381 e. The molecule has 5 heteroatoms. The molecule has 0 spiro atoms. The summed E-state index contributed by atoms with van der Waals surface area (Å²) in [5.74, 6) is 1.34. The quantitative estimate of drug-likeness (QED) is 0.859. The van der Waals surface area contributed by atoms with Crippen molar-refractivity contribution < 1.29 is 9.84 Å². The Balaban J connectivity index is 2.04. The lowest BCUT2D eigenvalue weighted by atomic mass is 10.1. The molecule has 3 heterocycles. The summed E-state index contributed by atoms with van der Waals surface area (Å²) in [6, 6.07) is 0. The maximum Gasteiger partial charge on any atom is 0.132 e. The summed E-state index contributed by atoms with van der Waals surface area (Å²) in [5, 5.41) is 10.1. The van der Waals surface area contributed by atoms with E-state index in [0.717, 1.165) is 55.0 Å². The Morgan fingerprint density at radius 1 is 1.44 bits per heavy atom. The monoisotopic (exact) mass is 286 g/mol. The smallest absolute Gasteiger partial charge is 0.132 e. The molecule has 2 aliphatic heterocycles. The van der Waals surface area contributed by atoms with Crippen LogP contribution in [-0.4, -0.2) is 27.9 Å². The van der Waals surface area contributed by atoms with Crippen LogP contribution in [0, 0.1) is 0 Å². The second kappa shape index (κ2) is 4.13. The number of aromatic nitrogens is 2. The van der Waals surface area contributed by atoms with E-state index in [0.29, 0.717) is 5.92 Å². The summed E-state index contributed by atoms with van der Waals surface area (Å²) in [4.78, 5) is 4.56. The first-order chi connectivity index (χ1) is 7.77. The van der Waals surface area contributed by atoms with Crippen molar-refractivity contribution in [2.24, 2.45) is 0 Å². The fraction of sp³-hybridized carbons (Fsp3) is 0.727. The van der Waals surface area contributed by atoms with Gasteiger partial charge in [0.2, 0.25) is 0 Å². The predicted molar refractivity (Wildman–Crippen MR) is 62.3 cm³/mol. The van der Waals surface area contributed by atoms with E-state index in [9.17, 15) is 5.11 Å². The fourth-order valence-electron chi connectivity index (χ4n) is 2.62. The van der Waals surface area contributed by atoms with E-state index in [1.807, 2.05) is 4.57 Å². The van der Waals surface area contributed by atoms with Crippen LogP contribution in [-0.2, 0) is 11.2 Å². The SMILES string of the molecule is OC1CCCc2c(Br)nc(C3CCOC3)n21. The zero-order valence-corrected chi connectivity index (χ0v) is 10.6. The van der Waals surface area contributed by atoms with Gasteiger partial charge in [-0.15, -0.1) is 0 Å². The zero-order valence-electron chi connectivity index (χ0n) is 9.03. The van der Waals surface area contributed by atoms with Crippen molar-refractivity contribution >= 4 is 15.9 Å². The molecule has 0 radical (unpaired) electrons. The number of ether oxygens (including phenoxy) is 1. The maximum absolute atomic E-state index is 10.1. The summed E-state index contributed by atoms with van der Waals surface area (Å²) in [7, 11) is 0. The van der Waals surface area contributed by atoms with E-state index >= 15 is 0 Å². The molecule has 1 N–H and O–H groups in total. The lowest BCUT2D eigenvalue weighted by molar-refractivity contribution is 0.0739. The second-order valence-electron chi connectivity index (χ2n) is 4.51. The van der Waals surface area contributed by atoms with Gasteiger partial charge in [0.1, 0.15) is 16.7 Å². The third kappa shape index (κ3) is 1.61. The molecule has 2 atom stereocenters. The molecule has 2 aliphatic rings. The number of rotatable bonds is 1. The molecular formula is C11H15BrN2O2. The van der Waals surface area contributed by atoms with E-state index < -0.39 is 6.23 Å². The van der Waals surface area contributed by atoms with E-state index in [-0.39, 0.29) is 0 Å². The lowest BCUT2D eigenvalue weighted by Gasteiger charge is -2.24. The average molecular weight is 287 g/mol. The minimum absolute atomic E-state index is 0.345. The molecule has 0 amide bonds. The van der Waals surface area contributed by atoms with Crippen molar-refractivity contribution in [2.45, 2.75) is 37.8 Å². The number of aliphatic hydroxyl groups excluding tert-OH is 1. The number of hydrogen-bond donors (Lipinski definition) is 1. The third-order valence-electron chi connectivity index (χ3n) is 3.46. The van der Waals surface area contributed by atoms with Crippen molar-refractivity contribution in [1.29, 1.82) is 0 Å². The molecule has 1 fully saturated rings.